The number of carboxylic acids is 1. The second-order valence-electron chi connectivity index (χ2n) is 3.55. The van der Waals surface area contributed by atoms with Gasteiger partial charge in [0.1, 0.15) is 12.0 Å². The fourth-order valence-electron chi connectivity index (χ4n) is 1.56. The van der Waals surface area contributed by atoms with Crippen LogP contribution in [0.1, 0.15) is 5.56 Å². The van der Waals surface area contributed by atoms with Crippen LogP contribution in [0.25, 0.3) is 10.9 Å². The fourth-order valence-corrected chi connectivity index (χ4v) is 1.56. The number of aryl methyl sites for hydroxylation is 1. The van der Waals surface area contributed by atoms with E-state index in [4.69, 9.17) is 5.11 Å². The van der Waals surface area contributed by atoms with E-state index in [1.807, 2.05) is 37.3 Å². The Kier molecular flexibility index (Phi) is 3.00. The zero-order valence-corrected chi connectivity index (χ0v) is 9.21. The zero-order chi connectivity index (χ0) is 12.3. The van der Waals surface area contributed by atoms with Gasteiger partial charge in [-0.1, -0.05) is 18.2 Å². The summed E-state index contributed by atoms with van der Waals surface area (Å²) in [4.78, 5) is 14.6. The maximum Gasteiger partial charge on any atom is 0.348 e. The zero-order valence-electron chi connectivity index (χ0n) is 9.21. The topological polar surface area (TPSA) is 74.6 Å². The van der Waals surface area contributed by atoms with Gasteiger partial charge in [0.2, 0.25) is 0 Å². The minimum absolute atomic E-state index is 0.527. The number of anilines is 1. The molecule has 5 heteroatoms. The number of para-hydroxylation sites is 1. The second-order valence-corrected chi connectivity index (χ2v) is 3.55. The van der Waals surface area contributed by atoms with E-state index < -0.39 is 5.97 Å². The van der Waals surface area contributed by atoms with E-state index in [0.717, 1.165) is 22.7 Å². The molecule has 0 spiro atoms. The molecule has 5 nitrogen and oxygen atoms in total. The molecule has 86 valence electrons. The number of hydrogen-bond donors (Lipinski definition) is 2. The summed E-state index contributed by atoms with van der Waals surface area (Å²) in [5, 5.41) is 13.0. The fraction of sp³-hybridized carbons (Fsp3) is 0.0833. The number of nitrogens with zero attached hydrogens (tertiary/aromatic N) is 2. The third-order valence-electron chi connectivity index (χ3n) is 2.28. The predicted molar refractivity (Wildman–Crippen MR) is 66.2 cm³/mol. The number of hydrogen-bond acceptors (Lipinski definition) is 4. The highest BCUT2D eigenvalue weighted by atomic mass is 16.4. The highest BCUT2D eigenvalue weighted by Crippen LogP contribution is 2.19. The van der Waals surface area contributed by atoms with Gasteiger partial charge in [-0.3, -0.25) is 5.43 Å². The number of nitrogens with one attached hydrogen (secondary N) is 1. The van der Waals surface area contributed by atoms with Crippen LogP contribution in [-0.2, 0) is 4.79 Å². The van der Waals surface area contributed by atoms with Crippen molar-refractivity contribution in [1.29, 1.82) is 0 Å². The van der Waals surface area contributed by atoms with Gasteiger partial charge in [0.05, 0.1) is 5.52 Å². The number of aromatic nitrogens is 1. The minimum Gasteiger partial charge on any atom is -0.477 e. The number of fused-ring (bicyclic) bond motifs is 1. The molecule has 2 N–H and O–H groups in total. The van der Waals surface area contributed by atoms with Crippen molar-refractivity contribution in [2.45, 2.75) is 6.92 Å². The van der Waals surface area contributed by atoms with Crippen LogP contribution in [0.3, 0.4) is 0 Å². The van der Waals surface area contributed by atoms with Crippen LogP contribution in [0.15, 0.2) is 35.4 Å². The molecule has 0 radical (unpaired) electrons. The lowest BCUT2D eigenvalue weighted by atomic mass is 10.1. The normalized spacial score (nSPS) is 10.9. The molecule has 0 bridgehead atoms. The van der Waals surface area contributed by atoms with Crippen LogP contribution in [0.2, 0.25) is 0 Å². The van der Waals surface area contributed by atoms with Gasteiger partial charge in [0, 0.05) is 5.39 Å². The lowest BCUT2D eigenvalue weighted by Gasteiger charge is -2.04. The number of aliphatic carboxylic acids is 1. The van der Waals surface area contributed by atoms with Crippen molar-refractivity contribution in [1.82, 2.24) is 4.98 Å². The van der Waals surface area contributed by atoms with Gasteiger partial charge >= 0.3 is 5.97 Å². The van der Waals surface area contributed by atoms with Crippen molar-refractivity contribution in [3.63, 3.8) is 0 Å². The monoisotopic (exact) mass is 229 g/mol. The molecule has 2 aromatic rings. The molecule has 0 unspecified atom stereocenters. The third kappa shape index (κ3) is 2.57. The molecule has 0 aliphatic rings. The van der Waals surface area contributed by atoms with E-state index in [1.165, 1.54) is 0 Å². The maximum absolute atomic E-state index is 10.3. The standard InChI is InChI=1S/C12H11N3O2/c1-8-6-11(15-13-7-12(16)17)14-10-5-3-2-4-9(8)10/h2-7H,1H3,(H,14,15)(H,16,17)/b13-7+. The van der Waals surface area contributed by atoms with Crippen molar-refractivity contribution >= 4 is 28.9 Å². The molecular weight excluding hydrogens is 218 g/mol. The van der Waals surface area contributed by atoms with Crippen molar-refractivity contribution in [2.75, 3.05) is 5.43 Å². The Morgan fingerprint density at radius 3 is 3.00 bits per heavy atom. The van der Waals surface area contributed by atoms with Crippen molar-refractivity contribution in [3.8, 4) is 0 Å². The van der Waals surface area contributed by atoms with E-state index in [-0.39, 0.29) is 0 Å². The summed E-state index contributed by atoms with van der Waals surface area (Å²) < 4.78 is 0. The Bertz CT molecular complexity index is 593. The molecule has 2 rings (SSSR count). The predicted octanol–water partition coefficient (Wildman–Crippen LogP) is 2.03. The summed E-state index contributed by atoms with van der Waals surface area (Å²) in [7, 11) is 0. The average molecular weight is 229 g/mol. The summed E-state index contributed by atoms with van der Waals surface area (Å²) in [5.41, 5.74) is 4.49. The van der Waals surface area contributed by atoms with E-state index in [1.54, 1.807) is 0 Å². The number of carbonyl (C=O) groups is 1. The molecule has 0 aliphatic carbocycles. The first-order valence-corrected chi connectivity index (χ1v) is 5.05. The summed E-state index contributed by atoms with van der Waals surface area (Å²) in [6.45, 7) is 1.97. The SMILES string of the molecule is Cc1cc(N/N=C/C(=O)O)nc2ccccc12. The summed E-state index contributed by atoms with van der Waals surface area (Å²) in [6, 6.07) is 9.56. The number of hydrazone groups is 1. The molecule has 0 saturated carbocycles. The Hall–Kier alpha value is -2.43. The second kappa shape index (κ2) is 4.61. The number of rotatable bonds is 3. The lowest BCUT2D eigenvalue weighted by molar-refractivity contribution is -0.128. The first-order chi connectivity index (χ1) is 8.16. The van der Waals surface area contributed by atoms with Crippen molar-refractivity contribution in [3.05, 3.63) is 35.9 Å². The molecule has 1 aromatic carbocycles. The van der Waals surface area contributed by atoms with E-state index >= 15 is 0 Å². The van der Waals surface area contributed by atoms with Gasteiger partial charge in [-0.25, -0.2) is 9.78 Å². The van der Waals surface area contributed by atoms with Gasteiger partial charge in [0.15, 0.2) is 0 Å². The number of benzene rings is 1. The summed E-state index contributed by atoms with van der Waals surface area (Å²) in [6.07, 6.45) is 0.784. The number of carboxylic acid groups (broad SMARTS) is 1. The quantitative estimate of drug-likeness (QED) is 0.623. The average Bonchev–Trinajstić information content (AvgIpc) is 2.28. The van der Waals surface area contributed by atoms with Gasteiger partial charge in [-0.2, -0.15) is 5.10 Å². The minimum atomic E-state index is -1.10. The van der Waals surface area contributed by atoms with Gasteiger partial charge in [-0.05, 0) is 24.6 Å². The maximum atomic E-state index is 10.3. The third-order valence-corrected chi connectivity index (χ3v) is 2.28. The molecule has 0 aliphatic heterocycles. The Balaban J connectivity index is 2.33. The van der Waals surface area contributed by atoms with Crippen LogP contribution in [0.5, 0.6) is 0 Å². The molecule has 0 saturated heterocycles. The van der Waals surface area contributed by atoms with Gasteiger partial charge in [-0.15, -0.1) is 0 Å². The summed E-state index contributed by atoms with van der Waals surface area (Å²) in [5.74, 6) is -0.575. The molecule has 0 fully saturated rings. The van der Waals surface area contributed by atoms with Crippen molar-refractivity contribution in [2.24, 2.45) is 5.10 Å². The molecule has 17 heavy (non-hydrogen) atoms. The van der Waals surface area contributed by atoms with Crippen molar-refractivity contribution < 1.29 is 9.90 Å². The molecule has 0 atom stereocenters. The highest BCUT2D eigenvalue weighted by Gasteiger charge is 2.00. The highest BCUT2D eigenvalue weighted by molar-refractivity contribution is 6.22. The smallest absolute Gasteiger partial charge is 0.348 e. The van der Waals surface area contributed by atoms with Gasteiger partial charge in [0.25, 0.3) is 0 Å². The molecule has 0 amide bonds. The summed E-state index contributed by atoms with van der Waals surface area (Å²) >= 11 is 0. The van der Waals surface area contributed by atoms with Crippen LogP contribution in [-0.4, -0.2) is 22.3 Å². The van der Waals surface area contributed by atoms with E-state index in [2.05, 4.69) is 15.5 Å². The molecule has 1 heterocycles. The van der Waals surface area contributed by atoms with E-state index in [0.29, 0.717) is 5.82 Å². The van der Waals surface area contributed by atoms with Crippen LogP contribution in [0.4, 0.5) is 5.82 Å². The molecular formula is C12H11N3O2. The van der Waals surface area contributed by atoms with Crippen LogP contribution >= 0.6 is 0 Å². The molecule has 1 aromatic heterocycles. The Morgan fingerprint density at radius 1 is 1.47 bits per heavy atom. The largest absolute Gasteiger partial charge is 0.477 e. The Morgan fingerprint density at radius 2 is 2.24 bits per heavy atom. The van der Waals surface area contributed by atoms with Gasteiger partial charge < -0.3 is 5.11 Å². The Labute approximate surface area is 97.8 Å². The number of pyridine rings is 1. The van der Waals surface area contributed by atoms with Crippen LogP contribution < -0.4 is 5.43 Å². The lowest BCUT2D eigenvalue weighted by Crippen LogP contribution is -2.00. The van der Waals surface area contributed by atoms with Crippen LogP contribution in [0, 0.1) is 6.92 Å². The van der Waals surface area contributed by atoms with E-state index in [9.17, 15) is 4.79 Å². The first-order valence-electron chi connectivity index (χ1n) is 5.05. The first kappa shape index (κ1) is 11.1.